The van der Waals surface area contributed by atoms with Crippen LogP contribution in [0.1, 0.15) is 30.1 Å². The fourth-order valence-corrected chi connectivity index (χ4v) is 3.60. The van der Waals surface area contributed by atoms with Gasteiger partial charge in [0.05, 0.1) is 23.4 Å². The maximum absolute atomic E-state index is 15.2. The largest absolute Gasteiger partial charge is 0.493 e. The molecular formula is C26H20F3NO3. The maximum Gasteiger partial charge on any atom is 0.336 e. The maximum atomic E-state index is 15.2. The van der Waals surface area contributed by atoms with Gasteiger partial charge in [-0.15, -0.1) is 0 Å². The van der Waals surface area contributed by atoms with E-state index in [-0.39, 0.29) is 33.3 Å². The molecule has 0 aliphatic rings. The van der Waals surface area contributed by atoms with Gasteiger partial charge in [-0.25, -0.2) is 22.9 Å². The van der Waals surface area contributed by atoms with Crippen LogP contribution in [0.5, 0.6) is 5.75 Å². The van der Waals surface area contributed by atoms with E-state index in [9.17, 15) is 14.3 Å². The normalized spacial score (nSPS) is 11.0. The Morgan fingerprint density at radius 2 is 1.67 bits per heavy atom. The molecule has 0 saturated carbocycles. The lowest BCUT2D eigenvalue weighted by atomic mass is 9.98. The van der Waals surface area contributed by atoms with Crippen molar-refractivity contribution in [1.82, 2.24) is 4.98 Å². The van der Waals surface area contributed by atoms with Crippen molar-refractivity contribution in [3.8, 4) is 28.1 Å². The third-order valence-corrected chi connectivity index (χ3v) is 5.27. The summed E-state index contributed by atoms with van der Waals surface area (Å²) in [5.41, 5.74) is 0.0589. The van der Waals surface area contributed by atoms with Crippen LogP contribution in [-0.4, -0.2) is 22.7 Å². The number of hydrogen-bond acceptors (Lipinski definition) is 3. The second-order valence-corrected chi connectivity index (χ2v) is 7.53. The first-order chi connectivity index (χ1) is 15.9. The van der Waals surface area contributed by atoms with Gasteiger partial charge in [0.15, 0.2) is 0 Å². The number of aromatic carboxylic acids is 1. The molecule has 0 atom stereocenters. The number of halogens is 3. The minimum absolute atomic E-state index is 0.0182. The van der Waals surface area contributed by atoms with Gasteiger partial charge < -0.3 is 9.84 Å². The number of unbranched alkanes of at least 4 members (excludes halogenated alkanes) is 1. The summed E-state index contributed by atoms with van der Waals surface area (Å²) in [4.78, 5) is 16.0. The van der Waals surface area contributed by atoms with E-state index in [0.29, 0.717) is 17.9 Å². The van der Waals surface area contributed by atoms with Gasteiger partial charge in [0.2, 0.25) is 0 Å². The summed E-state index contributed by atoms with van der Waals surface area (Å²) in [5, 5.41) is 9.62. The molecule has 0 aliphatic heterocycles. The molecule has 3 aromatic carbocycles. The molecule has 4 aromatic rings. The second-order valence-electron chi connectivity index (χ2n) is 7.53. The molecule has 0 fully saturated rings. The molecule has 0 amide bonds. The molecule has 33 heavy (non-hydrogen) atoms. The standard InChI is InChI=1S/C26H20F3NO3/c1-2-3-10-33-25-7-5-4-6-16(25)17-12-22(29)20(13-21(17)28)24-14-19(26(31)32)18-11-15(27)8-9-23(18)30-24/h4-9,11-14H,2-3,10H2,1H3,(H,31,32). The van der Waals surface area contributed by atoms with Crippen LogP contribution in [-0.2, 0) is 0 Å². The Bertz CT molecular complexity index is 1350. The van der Waals surface area contributed by atoms with E-state index >= 15 is 8.78 Å². The van der Waals surface area contributed by atoms with Crippen LogP contribution in [0.25, 0.3) is 33.3 Å². The first-order valence-corrected chi connectivity index (χ1v) is 10.4. The summed E-state index contributed by atoms with van der Waals surface area (Å²) in [5.74, 6) is -3.00. The number of hydrogen-bond donors (Lipinski definition) is 1. The van der Waals surface area contributed by atoms with E-state index < -0.39 is 23.4 Å². The zero-order valence-corrected chi connectivity index (χ0v) is 17.7. The molecule has 4 rings (SSSR count). The molecule has 7 heteroatoms. The van der Waals surface area contributed by atoms with Crippen LogP contribution in [0.4, 0.5) is 13.2 Å². The lowest BCUT2D eigenvalue weighted by Crippen LogP contribution is -2.02. The topological polar surface area (TPSA) is 59.4 Å². The van der Waals surface area contributed by atoms with Crippen molar-refractivity contribution in [3.05, 3.63) is 83.7 Å². The number of rotatable bonds is 7. The Hall–Kier alpha value is -3.87. The van der Waals surface area contributed by atoms with Gasteiger partial charge >= 0.3 is 5.97 Å². The second kappa shape index (κ2) is 9.32. The molecule has 0 radical (unpaired) electrons. The van der Waals surface area contributed by atoms with Crippen LogP contribution in [0.2, 0.25) is 0 Å². The highest BCUT2D eigenvalue weighted by molar-refractivity contribution is 6.03. The summed E-state index contributed by atoms with van der Waals surface area (Å²) in [7, 11) is 0. The molecular weight excluding hydrogens is 431 g/mol. The molecule has 0 bridgehead atoms. The number of carbonyl (C=O) groups is 1. The average Bonchev–Trinajstić information content (AvgIpc) is 2.80. The van der Waals surface area contributed by atoms with Crippen molar-refractivity contribution in [2.75, 3.05) is 6.61 Å². The molecule has 168 valence electrons. The number of nitrogens with zero attached hydrogens (tertiary/aromatic N) is 1. The van der Waals surface area contributed by atoms with E-state index in [2.05, 4.69) is 4.98 Å². The highest BCUT2D eigenvalue weighted by atomic mass is 19.1. The van der Waals surface area contributed by atoms with Gasteiger partial charge in [0.1, 0.15) is 23.2 Å². The van der Waals surface area contributed by atoms with E-state index in [1.165, 1.54) is 6.07 Å². The number of pyridine rings is 1. The Morgan fingerprint density at radius 1 is 0.939 bits per heavy atom. The predicted molar refractivity (Wildman–Crippen MR) is 120 cm³/mol. The van der Waals surface area contributed by atoms with Crippen molar-refractivity contribution >= 4 is 16.9 Å². The van der Waals surface area contributed by atoms with Crippen LogP contribution in [0.15, 0.2) is 60.7 Å². The van der Waals surface area contributed by atoms with Gasteiger partial charge in [-0.05, 0) is 48.9 Å². The number of benzene rings is 3. The molecule has 1 N–H and O–H groups in total. The van der Waals surface area contributed by atoms with E-state index in [1.807, 2.05) is 6.92 Å². The van der Waals surface area contributed by atoms with Gasteiger partial charge in [-0.2, -0.15) is 0 Å². The summed E-state index contributed by atoms with van der Waals surface area (Å²) in [6, 6.07) is 13.4. The minimum Gasteiger partial charge on any atom is -0.493 e. The quantitative estimate of drug-likeness (QED) is 0.312. The molecule has 1 aromatic heterocycles. The Morgan fingerprint density at radius 3 is 2.42 bits per heavy atom. The monoisotopic (exact) mass is 451 g/mol. The average molecular weight is 451 g/mol. The van der Waals surface area contributed by atoms with Crippen molar-refractivity contribution < 1.29 is 27.8 Å². The summed E-state index contributed by atoms with van der Waals surface area (Å²) < 4.78 is 49.7. The fourth-order valence-electron chi connectivity index (χ4n) is 3.60. The highest BCUT2D eigenvalue weighted by Gasteiger charge is 2.19. The number of ether oxygens (including phenoxy) is 1. The third-order valence-electron chi connectivity index (χ3n) is 5.27. The lowest BCUT2D eigenvalue weighted by molar-refractivity contribution is 0.0699. The first kappa shape index (κ1) is 22.3. The van der Waals surface area contributed by atoms with Gasteiger partial charge in [-0.1, -0.05) is 31.5 Å². The Labute approximate surface area is 188 Å². The summed E-state index contributed by atoms with van der Waals surface area (Å²) >= 11 is 0. The predicted octanol–water partition coefficient (Wildman–Crippen LogP) is 6.86. The Balaban J connectivity index is 1.82. The van der Waals surface area contributed by atoms with Crippen molar-refractivity contribution in [2.24, 2.45) is 0 Å². The Kier molecular flexibility index (Phi) is 6.31. The van der Waals surface area contributed by atoms with Gasteiger partial charge in [0, 0.05) is 22.1 Å². The third kappa shape index (κ3) is 4.53. The first-order valence-electron chi connectivity index (χ1n) is 10.4. The van der Waals surface area contributed by atoms with Gasteiger partial charge in [0.25, 0.3) is 0 Å². The smallest absolute Gasteiger partial charge is 0.336 e. The van der Waals surface area contributed by atoms with Crippen LogP contribution < -0.4 is 4.74 Å². The van der Waals surface area contributed by atoms with Crippen LogP contribution in [0.3, 0.4) is 0 Å². The van der Waals surface area contributed by atoms with E-state index in [0.717, 1.165) is 43.2 Å². The molecule has 4 nitrogen and oxygen atoms in total. The lowest BCUT2D eigenvalue weighted by Gasteiger charge is -2.14. The van der Waals surface area contributed by atoms with Crippen molar-refractivity contribution in [3.63, 3.8) is 0 Å². The fraction of sp³-hybridized carbons (Fsp3) is 0.154. The zero-order valence-electron chi connectivity index (χ0n) is 17.7. The van der Waals surface area contributed by atoms with E-state index in [4.69, 9.17) is 4.74 Å². The summed E-state index contributed by atoms with van der Waals surface area (Å²) in [6.45, 7) is 2.48. The van der Waals surface area contributed by atoms with Gasteiger partial charge in [-0.3, -0.25) is 0 Å². The highest BCUT2D eigenvalue weighted by Crippen LogP contribution is 2.36. The zero-order chi connectivity index (χ0) is 23.5. The summed E-state index contributed by atoms with van der Waals surface area (Å²) in [6.07, 6.45) is 1.76. The SMILES string of the molecule is CCCCOc1ccccc1-c1cc(F)c(-c2cc(C(=O)O)c3cc(F)ccc3n2)cc1F. The number of aromatic nitrogens is 1. The molecule has 0 spiro atoms. The van der Waals surface area contributed by atoms with E-state index in [1.54, 1.807) is 24.3 Å². The number of carboxylic acids is 1. The number of carboxylic acid groups (broad SMARTS) is 1. The minimum atomic E-state index is -1.33. The number of fused-ring (bicyclic) bond motifs is 1. The molecule has 0 saturated heterocycles. The van der Waals surface area contributed by atoms with Crippen molar-refractivity contribution in [1.29, 1.82) is 0 Å². The van der Waals surface area contributed by atoms with Crippen LogP contribution in [0, 0.1) is 17.5 Å². The van der Waals surface area contributed by atoms with Crippen LogP contribution >= 0.6 is 0 Å². The molecule has 1 heterocycles. The molecule has 0 unspecified atom stereocenters. The van der Waals surface area contributed by atoms with Crippen molar-refractivity contribution in [2.45, 2.75) is 19.8 Å². The number of para-hydroxylation sites is 1. The molecule has 0 aliphatic carbocycles.